The van der Waals surface area contributed by atoms with Gasteiger partial charge in [0.25, 0.3) is 5.91 Å². The van der Waals surface area contributed by atoms with E-state index in [4.69, 9.17) is 4.74 Å². The maximum atomic E-state index is 12.9. The molecule has 3 aromatic rings. The monoisotopic (exact) mass is 510 g/mol. The van der Waals surface area contributed by atoms with Crippen molar-refractivity contribution in [2.24, 2.45) is 5.41 Å². The summed E-state index contributed by atoms with van der Waals surface area (Å²) >= 11 is 0. The number of imidazole rings is 1. The summed E-state index contributed by atoms with van der Waals surface area (Å²) in [6.45, 7) is 8.56. The molecule has 3 atom stereocenters. The molecule has 0 spiro atoms. The second kappa shape index (κ2) is 13.0. The van der Waals surface area contributed by atoms with Crippen molar-refractivity contribution in [2.75, 3.05) is 5.32 Å². The summed E-state index contributed by atoms with van der Waals surface area (Å²) in [6.07, 6.45) is 4.62. The van der Waals surface area contributed by atoms with Crippen LogP contribution in [0.4, 0.5) is 10.6 Å². The van der Waals surface area contributed by atoms with E-state index in [0.717, 1.165) is 18.5 Å². The van der Waals surface area contributed by atoms with E-state index in [9.17, 15) is 14.7 Å². The first kappa shape index (κ1) is 27.9. The number of anilines is 1. The number of unbranched alkanes of at least 4 members (excludes halogenated alkanes) is 1. The second-order valence-electron chi connectivity index (χ2n) is 10.3. The summed E-state index contributed by atoms with van der Waals surface area (Å²) in [6, 6.07) is 11.4. The number of hydrogen-bond donors (Lipinski definition) is 4. The van der Waals surface area contributed by atoms with Gasteiger partial charge in [0, 0.05) is 25.2 Å². The van der Waals surface area contributed by atoms with E-state index in [2.05, 4.69) is 37.9 Å². The summed E-state index contributed by atoms with van der Waals surface area (Å²) in [5, 5.41) is 22.5. The molecular formula is C27H38N6O4. The Labute approximate surface area is 217 Å². The molecule has 2 amide bonds. The van der Waals surface area contributed by atoms with Crippen molar-refractivity contribution in [3.63, 3.8) is 0 Å². The number of alkyl carbamates (subject to hydrolysis) is 1. The van der Waals surface area contributed by atoms with Crippen LogP contribution < -0.4 is 10.6 Å². The lowest BCUT2D eigenvalue weighted by atomic mass is 9.86. The quantitative estimate of drug-likeness (QED) is 0.292. The lowest BCUT2D eigenvalue weighted by Crippen LogP contribution is -2.49. The molecule has 3 rings (SSSR count). The molecule has 2 aromatic heterocycles. The van der Waals surface area contributed by atoms with Crippen LogP contribution in [0.2, 0.25) is 0 Å². The largest absolute Gasteiger partial charge is 0.443 e. The van der Waals surface area contributed by atoms with Crippen molar-refractivity contribution in [1.29, 1.82) is 0 Å². The van der Waals surface area contributed by atoms with Crippen LogP contribution in [-0.4, -0.2) is 55.1 Å². The van der Waals surface area contributed by atoms with Crippen LogP contribution >= 0.6 is 0 Å². The number of aliphatic hydroxyl groups is 1. The Balaban J connectivity index is 1.63. The van der Waals surface area contributed by atoms with Crippen LogP contribution in [0.5, 0.6) is 0 Å². The molecule has 4 N–H and O–H groups in total. The number of nitrogens with zero attached hydrogens (tertiary/aromatic N) is 3. The minimum absolute atomic E-state index is 0.290. The molecule has 1 aromatic carbocycles. The first-order chi connectivity index (χ1) is 17.7. The maximum absolute atomic E-state index is 12.9. The van der Waals surface area contributed by atoms with Crippen molar-refractivity contribution in [3.8, 4) is 0 Å². The van der Waals surface area contributed by atoms with Crippen molar-refractivity contribution in [2.45, 2.75) is 78.2 Å². The molecular weight excluding hydrogens is 472 g/mol. The van der Waals surface area contributed by atoms with Gasteiger partial charge in [0.2, 0.25) is 0 Å². The number of carbonyl (C=O) groups is 2. The predicted octanol–water partition coefficient (Wildman–Crippen LogP) is 3.90. The lowest BCUT2D eigenvalue weighted by Gasteiger charge is -2.32. The number of aromatic nitrogens is 4. The lowest BCUT2D eigenvalue weighted by molar-refractivity contribution is -0.130. The molecule has 0 aliphatic carbocycles. The number of benzene rings is 1. The number of H-pyrrole nitrogens is 1. The SMILES string of the molecule is CCCC[C@H](OC(=O)N[C@H](Cn1cnc(Cc2ccccc2)c1)C(C)(C)C)[C@@H](O)C(=O)Nc1ccn[nH]1. The molecule has 37 heavy (non-hydrogen) atoms. The molecule has 0 aliphatic heterocycles. The van der Waals surface area contributed by atoms with Crippen molar-refractivity contribution in [1.82, 2.24) is 25.1 Å². The molecule has 0 radical (unpaired) electrons. The number of carbonyl (C=O) groups excluding carboxylic acids is 2. The highest BCUT2D eigenvalue weighted by molar-refractivity contribution is 5.93. The van der Waals surface area contributed by atoms with Gasteiger partial charge in [-0.05, 0) is 23.8 Å². The summed E-state index contributed by atoms with van der Waals surface area (Å²) < 4.78 is 7.54. The maximum Gasteiger partial charge on any atom is 0.407 e. The van der Waals surface area contributed by atoms with Gasteiger partial charge in [0.05, 0.1) is 24.3 Å². The standard InChI is InChI=1S/C27H38N6O4/c1-5-6-12-21(24(34)25(35)31-23-13-14-29-32-23)37-26(36)30-22(27(2,3)4)17-33-16-20(28-18-33)15-19-10-8-7-9-11-19/h7-11,13-14,16,18,21-22,24,34H,5-6,12,15,17H2,1-4H3,(H,30,36)(H2,29,31,32,35)/t21-,22+,24+/m0/s1. The molecule has 0 unspecified atom stereocenters. The van der Waals surface area contributed by atoms with Gasteiger partial charge >= 0.3 is 6.09 Å². The van der Waals surface area contributed by atoms with E-state index < -0.39 is 24.2 Å². The highest BCUT2D eigenvalue weighted by Gasteiger charge is 2.32. The van der Waals surface area contributed by atoms with Gasteiger partial charge in [-0.3, -0.25) is 9.89 Å². The number of nitrogens with one attached hydrogen (secondary N) is 3. The zero-order chi connectivity index (χ0) is 26.8. The molecule has 10 nitrogen and oxygen atoms in total. The van der Waals surface area contributed by atoms with Gasteiger partial charge in [-0.1, -0.05) is 64.4 Å². The summed E-state index contributed by atoms with van der Waals surface area (Å²) in [5.74, 6) is -0.322. The van der Waals surface area contributed by atoms with Gasteiger partial charge in [0.1, 0.15) is 11.9 Å². The molecule has 10 heteroatoms. The molecule has 2 heterocycles. The Kier molecular flexibility index (Phi) is 9.85. The fourth-order valence-corrected chi connectivity index (χ4v) is 3.85. The van der Waals surface area contributed by atoms with Crippen LogP contribution in [0.25, 0.3) is 0 Å². The molecule has 0 bridgehead atoms. The predicted molar refractivity (Wildman–Crippen MR) is 141 cm³/mol. The first-order valence-corrected chi connectivity index (χ1v) is 12.7. The van der Waals surface area contributed by atoms with Crippen LogP contribution in [0, 0.1) is 5.41 Å². The average molecular weight is 511 g/mol. The van der Waals surface area contributed by atoms with Crippen molar-refractivity contribution in [3.05, 3.63) is 66.4 Å². The fraction of sp³-hybridized carbons (Fsp3) is 0.481. The topological polar surface area (TPSA) is 134 Å². The number of ether oxygens (including phenoxy) is 1. The van der Waals surface area contributed by atoms with Crippen LogP contribution in [0.3, 0.4) is 0 Å². The highest BCUT2D eigenvalue weighted by Crippen LogP contribution is 2.22. The van der Waals surface area contributed by atoms with E-state index in [-0.39, 0.29) is 11.5 Å². The smallest absolute Gasteiger partial charge is 0.407 e. The third-order valence-corrected chi connectivity index (χ3v) is 6.13. The third kappa shape index (κ3) is 8.75. The normalized spacial score (nSPS) is 14.0. The fourth-order valence-electron chi connectivity index (χ4n) is 3.85. The van der Waals surface area contributed by atoms with Gasteiger partial charge in [-0.2, -0.15) is 5.10 Å². The molecule has 0 saturated heterocycles. The third-order valence-electron chi connectivity index (χ3n) is 6.13. The number of rotatable bonds is 12. The zero-order valence-electron chi connectivity index (χ0n) is 22.0. The number of aliphatic hydroxyl groups excluding tert-OH is 1. The summed E-state index contributed by atoms with van der Waals surface area (Å²) in [4.78, 5) is 30.0. The van der Waals surface area contributed by atoms with Gasteiger partial charge in [0.15, 0.2) is 6.10 Å². The van der Waals surface area contributed by atoms with Crippen LogP contribution in [0.15, 0.2) is 55.1 Å². The van der Waals surface area contributed by atoms with E-state index in [1.54, 1.807) is 12.4 Å². The second-order valence-corrected chi connectivity index (χ2v) is 10.3. The summed E-state index contributed by atoms with van der Waals surface area (Å²) in [7, 11) is 0. The van der Waals surface area contributed by atoms with E-state index in [1.165, 1.54) is 11.8 Å². The number of aromatic amines is 1. The Morgan fingerprint density at radius 1 is 1.19 bits per heavy atom. The van der Waals surface area contributed by atoms with Gasteiger partial charge in [-0.25, -0.2) is 9.78 Å². The number of amides is 2. The Morgan fingerprint density at radius 2 is 1.95 bits per heavy atom. The Hall–Kier alpha value is -3.66. The first-order valence-electron chi connectivity index (χ1n) is 12.7. The van der Waals surface area contributed by atoms with E-state index in [0.29, 0.717) is 25.2 Å². The Bertz CT molecular complexity index is 1110. The average Bonchev–Trinajstić information content (AvgIpc) is 3.53. The van der Waals surface area contributed by atoms with Crippen molar-refractivity contribution >= 4 is 17.8 Å². The van der Waals surface area contributed by atoms with Crippen LogP contribution in [-0.2, 0) is 22.5 Å². The zero-order valence-corrected chi connectivity index (χ0v) is 22.0. The number of hydrogen-bond acceptors (Lipinski definition) is 6. The highest BCUT2D eigenvalue weighted by atomic mass is 16.6. The molecule has 0 fully saturated rings. The summed E-state index contributed by atoms with van der Waals surface area (Å²) in [5.41, 5.74) is 1.82. The van der Waals surface area contributed by atoms with Gasteiger partial charge < -0.3 is 25.0 Å². The van der Waals surface area contributed by atoms with E-state index >= 15 is 0 Å². The van der Waals surface area contributed by atoms with E-state index in [1.807, 2.05) is 56.7 Å². The Morgan fingerprint density at radius 3 is 2.59 bits per heavy atom. The van der Waals surface area contributed by atoms with Crippen molar-refractivity contribution < 1.29 is 19.4 Å². The van der Waals surface area contributed by atoms with Crippen LogP contribution in [0.1, 0.15) is 58.2 Å². The minimum atomic E-state index is -1.53. The minimum Gasteiger partial charge on any atom is -0.443 e. The van der Waals surface area contributed by atoms with Gasteiger partial charge in [-0.15, -0.1) is 0 Å². The molecule has 200 valence electrons. The molecule has 0 saturated carbocycles. The molecule has 0 aliphatic rings.